The van der Waals surface area contributed by atoms with Crippen LogP contribution in [0.15, 0.2) is 23.2 Å². The van der Waals surface area contributed by atoms with Crippen LogP contribution in [0.3, 0.4) is 0 Å². The quantitative estimate of drug-likeness (QED) is 0.615. The maximum absolute atomic E-state index is 13.3. The Kier molecular flexibility index (Phi) is 3.66. The van der Waals surface area contributed by atoms with Crippen LogP contribution >= 0.6 is 0 Å². The lowest BCUT2D eigenvalue weighted by atomic mass is 10.2. The monoisotopic (exact) mass is 210 g/mol. The van der Waals surface area contributed by atoms with E-state index in [1.54, 1.807) is 6.07 Å². The lowest BCUT2D eigenvalue weighted by Gasteiger charge is -2.05. The third kappa shape index (κ3) is 2.94. The fourth-order valence-electron chi connectivity index (χ4n) is 1.00. The number of methoxy groups -OCH3 is 1. The molecule has 0 unspecified atom stereocenters. The van der Waals surface area contributed by atoms with Crippen molar-refractivity contribution in [3.63, 3.8) is 0 Å². The van der Waals surface area contributed by atoms with Gasteiger partial charge in [0.2, 0.25) is 0 Å². The van der Waals surface area contributed by atoms with Gasteiger partial charge in [0.25, 0.3) is 0 Å². The molecule has 3 nitrogen and oxygen atoms in total. The van der Waals surface area contributed by atoms with Crippen LogP contribution in [0.25, 0.3) is 0 Å². The molecule has 0 amide bonds. The van der Waals surface area contributed by atoms with E-state index in [1.165, 1.54) is 19.2 Å². The van der Waals surface area contributed by atoms with E-state index in [-0.39, 0.29) is 11.7 Å². The van der Waals surface area contributed by atoms with E-state index in [9.17, 15) is 4.39 Å². The van der Waals surface area contributed by atoms with Gasteiger partial charge in [-0.1, -0.05) is 13.8 Å². The number of amidine groups is 1. The largest absolute Gasteiger partial charge is 0.494 e. The maximum Gasteiger partial charge on any atom is 0.167 e. The van der Waals surface area contributed by atoms with E-state index >= 15 is 0 Å². The highest BCUT2D eigenvalue weighted by Crippen LogP contribution is 2.22. The SMILES string of the molecule is COc1ccc(N=C(N)C(C)C)cc1F. The number of aliphatic imine (C=N–C) groups is 1. The second-order valence-electron chi connectivity index (χ2n) is 3.51. The van der Waals surface area contributed by atoms with E-state index in [1.807, 2.05) is 13.8 Å². The van der Waals surface area contributed by atoms with Crippen LogP contribution in [0.1, 0.15) is 13.8 Å². The van der Waals surface area contributed by atoms with E-state index < -0.39 is 5.82 Å². The molecule has 0 aliphatic rings. The standard InChI is InChI=1S/C11H15FN2O/c1-7(2)11(13)14-8-4-5-10(15-3)9(12)6-8/h4-7H,1-3H3,(H2,13,14). The average molecular weight is 210 g/mol. The third-order valence-electron chi connectivity index (χ3n) is 1.99. The van der Waals surface area contributed by atoms with Gasteiger partial charge >= 0.3 is 0 Å². The van der Waals surface area contributed by atoms with Gasteiger partial charge in [0, 0.05) is 12.0 Å². The predicted molar refractivity (Wildman–Crippen MR) is 59.1 cm³/mol. The summed E-state index contributed by atoms with van der Waals surface area (Å²) in [4.78, 5) is 4.09. The second-order valence-corrected chi connectivity index (χ2v) is 3.51. The number of hydrogen-bond donors (Lipinski definition) is 1. The highest BCUT2D eigenvalue weighted by molar-refractivity contribution is 5.84. The fraction of sp³-hybridized carbons (Fsp3) is 0.364. The Hall–Kier alpha value is -1.58. The zero-order valence-electron chi connectivity index (χ0n) is 9.12. The summed E-state index contributed by atoms with van der Waals surface area (Å²) in [5.74, 6) is 0.405. The smallest absolute Gasteiger partial charge is 0.167 e. The van der Waals surface area contributed by atoms with Crippen molar-refractivity contribution in [2.75, 3.05) is 7.11 Å². The van der Waals surface area contributed by atoms with Crippen LogP contribution in [0, 0.1) is 11.7 Å². The molecule has 1 aromatic carbocycles. The topological polar surface area (TPSA) is 47.6 Å². The number of nitrogens with zero attached hydrogens (tertiary/aromatic N) is 1. The lowest BCUT2D eigenvalue weighted by Crippen LogP contribution is -2.18. The van der Waals surface area contributed by atoms with Gasteiger partial charge in [0.1, 0.15) is 5.84 Å². The number of nitrogens with two attached hydrogens (primary N) is 1. The van der Waals surface area contributed by atoms with Crippen LogP contribution in [-0.4, -0.2) is 12.9 Å². The van der Waals surface area contributed by atoms with Gasteiger partial charge < -0.3 is 10.5 Å². The summed E-state index contributed by atoms with van der Waals surface area (Å²) < 4.78 is 18.1. The van der Waals surface area contributed by atoms with Crippen molar-refractivity contribution >= 4 is 11.5 Å². The van der Waals surface area contributed by atoms with Crippen LogP contribution in [0.5, 0.6) is 5.75 Å². The molecule has 0 atom stereocenters. The molecule has 0 radical (unpaired) electrons. The van der Waals surface area contributed by atoms with Crippen LogP contribution in [0.4, 0.5) is 10.1 Å². The normalized spacial score (nSPS) is 11.9. The molecule has 15 heavy (non-hydrogen) atoms. The Morgan fingerprint density at radius 3 is 2.60 bits per heavy atom. The van der Waals surface area contributed by atoms with Crippen LogP contribution in [-0.2, 0) is 0 Å². The molecule has 1 aromatic rings. The molecule has 0 aliphatic carbocycles. The first kappa shape index (κ1) is 11.5. The average Bonchev–Trinajstić information content (AvgIpc) is 2.18. The Labute approximate surface area is 88.8 Å². The molecule has 0 heterocycles. The lowest BCUT2D eigenvalue weighted by molar-refractivity contribution is 0.386. The van der Waals surface area contributed by atoms with Crippen LogP contribution in [0.2, 0.25) is 0 Å². The Morgan fingerprint density at radius 2 is 2.13 bits per heavy atom. The molecular weight excluding hydrogens is 195 g/mol. The van der Waals surface area contributed by atoms with Gasteiger partial charge in [-0.3, -0.25) is 0 Å². The summed E-state index contributed by atoms with van der Waals surface area (Å²) in [6.07, 6.45) is 0. The van der Waals surface area contributed by atoms with Crippen LogP contribution < -0.4 is 10.5 Å². The summed E-state index contributed by atoms with van der Waals surface area (Å²) >= 11 is 0. The molecule has 4 heteroatoms. The number of halogens is 1. The highest BCUT2D eigenvalue weighted by Gasteiger charge is 2.04. The number of rotatable bonds is 3. The Balaban J connectivity index is 2.98. The molecule has 0 saturated heterocycles. The molecule has 0 fully saturated rings. The summed E-state index contributed by atoms with van der Waals surface area (Å²) in [5, 5.41) is 0. The fourth-order valence-corrected chi connectivity index (χ4v) is 1.00. The zero-order valence-corrected chi connectivity index (χ0v) is 9.12. The summed E-state index contributed by atoms with van der Waals surface area (Å²) in [5.41, 5.74) is 6.16. The van der Waals surface area contributed by atoms with Gasteiger partial charge in [-0.25, -0.2) is 9.38 Å². The molecule has 0 spiro atoms. The first-order valence-electron chi connectivity index (χ1n) is 4.72. The molecule has 82 valence electrons. The first-order chi connectivity index (χ1) is 7.04. The minimum atomic E-state index is -0.435. The van der Waals surface area contributed by atoms with Crippen molar-refractivity contribution in [1.82, 2.24) is 0 Å². The summed E-state index contributed by atoms with van der Waals surface area (Å²) in [7, 11) is 1.42. The van der Waals surface area contributed by atoms with Gasteiger partial charge in [-0.05, 0) is 12.1 Å². The maximum atomic E-state index is 13.3. The van der Waals surface area contributed by atoms with E-state index in [0.29, 0.717) is 11.5 Å². The number of benzene rings is 1. The van der Waals surface area contributed by atoms with Crippen molar-refractivity contribution in [2.45, 2.75) is 13.8 Å². The zero-order chi connectivity index (χ0) is 11.4. The van der Waals surface area contributed by atoms with Gasteiger partial charge in [-0.15, -0.1) is 0 Å². The van der Waals surface area contributed by atoms with Gasteiger partial charge in [0.05, 0.1) is 12.8 Å². The molecule has 0 aliphatic heterocycles. The Bertz CT molecular complexity index is 375. The number of ether oxygens (including phenoxy) is 1. The molecule has 2 N–H and O–H groups in total. The molecular formula is C11H15FN2O. The van der Waals surface area contributed by atoms with E-state index in [4.69, 9.17) is 10.5 Å². The van der Waals surface area contributed by atoms with Gasteiger partial charge in [0.15, 0.2) is 11.6 Å². The van der Waals surface area contributed by atoms with Crippen molar-refractivity contribution in [3.8, 4) is 5.75 Å². The van der Waals surface area contributed by atoms with Crippen molar-refractivity contribution in [3.05, 3.63) is 24.0 Å². The van der Waals surface area contributed by atoms with Crippen molar-refractivity contribution in [2.24, 2.45) is 16.6 Å². The summed E-state index contributed by atoms with van der Waals surface area (Å²) in [6.45, 7) is 3.86. The number of hydrogen-bond acceptors (Lipinski definition) is 2. The Morgan fingerprint density at radius 1 is 1.47 bits per heavy atom. The summed E-state index contributed by atoms with van der Waals surface area (Å²) in [6, 6.07) is 4.49. The third-order valence-corrected chi connectivity index (χ3v) is 1.99. The highest BCUT2D eigenvalue weighted by atomic mass is 19.1. The first-order valence-corrected chi connectivity index (χ1v) is 4.72. The molecule has 1 rings (SSSR count). The van der Waals surface area contributed by atoms with Gasteiger partial charge in [-0.2, -0.15) is 0 Å². The predicted octanol–water partition coefficient (Wildman–Crippen LogP) is 2.48. The van der Waals surface area contributed by atoms with E-state index in [2.05, 4.69) is 4.99 Å². The van der Waals surface area contributed by atoms with Crippen molar-refractivity contribution in [1.29, 1.82) is 0 Å². The minimum absolute atomic E-state index is 0.148. The van der Waals surface area contributed by atoms with E-state index in [0.717, 1.165) is 0 Å². The molecule has 0 aromatic heterocycles. The molecule has 0 bridgehead atoms. The molecule has 0 saturated carbocycles. The minimum Gasteiger partial charge on any atom is -0.494 e. The van der Waals surface area contributed by atoms with Crippen molar-refractivity contribution < 1.29 is 9.13 Å². The second kappa shape index (κ2) is 4.77.